The molecule has 0 aromatic heterocycles. The minimum atomic E-state index is -4.14. The molecule has 7 nitrogen and oxygen atoms in total. The Morgan fingerprint density at radius 3 is 2.18 bits per heavy atom. The van der Waals surface area contributed by atoms with Crippen LogP contribution < -0.4 is 9.62 Å². The molecule has 3 aromatic carbocycles. The topological polar surface area (TPSA) is 86.8 Å². The van der Waals surface area contributed by atoms with Gasteiger partial charge in [-0.1, -0.05) is 79.5 Å². The van der Waals surface area contributed by atoms with Crippen LogP contribution in [0.1, 0.15) is 37.5 Å². The van der Waals surface area contributed by atoms with Gasteiger partial charge in [0.2, 0.25) is 11.8 Å². The van der Waals surface area contributed by atoms with Crippen LogP contribution >= 0.6 is 11.6 Å². The molecule has 3 rings (SSSR count). The summed E-state index contributed by atoms with van der Waals surface area (Å²) < 4.78 is 28.8. The second-order valence-electron chi connectivity index (χ2n) is 10.1. The highest BCUT2D eigenvalue weighted by molar-refractivity contribution is 7.92. The Balaban J connectivity index is 2.03. The first-order chi connectivity index (χ1) is 18.4. The quantitative estimate of drug-likeness (QED) is 0.338. The molecule has 3 aromatic rings. The van der Waals surface area contributed by atoms with Gasteiger partial charge in [0.1, 0.15) is 12.6 Å². The first-order valence-electron chi connectivity index (χ1n) is 12.9. The van der Waals surface area contributed by atoms with Gasteiger partial charge < -0.3 is 10.2 Å². The number of nitrogens with one attached hydrogen (secondary N) is 1. The molecule has 0 aliphatic carbocycles. The van der Waals surface area contributed by atoms with Crippen LogP contribution in [0.4, 0.5) is 5.69 Å². The molecule has 2 amide bonds. The summed E-state index contributed by atoms with van der Waals surface area (Å²) in [4.78, 5) is 28.5. The highest BCUT2D eigenvalue weighted by Crippen LogP contribution is 2.30. The molecule has 39 heavy (non-hydrogen) atoms. The minimum absolute atomic E-state index is 0.0463. The van der Waals surface area contributed by atoms with E-state index in [0.717, 1.165) is 15.4 Å². The average Bonchev–Trinajstić information content (AvgIpc) is 2.91. The van der Waals surface area contributed by atoms with Gasteiger partial charge in [0.15, 0.2) is 0 Å². The van der Waals surface area contributed by atoms with Crippen LogP contribution in [0.15, 0.2) is 77.7 Å². The number of halogens is 1. The van der Waals surface area contributed by atoms with E-state index < -0.39 is 28.5 Å². The maximum atomic E-state index is 14.0. The number of amides is 2. The van der Waals surface area contributed by atoms with Gasteiger partial charge in [0.25, 0.3) is 10.0 Å². The molecule has 1 unspecified atom stereocenters. The number of anilines is 1. The Labute approximate surface area is 236 Å². The van der Waals surface area contributed by atoms with Crippen molar-refractivity contribution in [2.45, 2.75) is 52.1 Å². The van der Waals surface area contributed by atoms with Crippen molar-refractivity contribution in [3.63, 3.8) is 0 Å². The monoisotopic (exact) mass is 569 g/mol. The second kappa shape index (κ2) is 13.1. The van der Waals surface area contributed by atoms with Crippen LogP contribution in [-0.2, 0) is 26.2 Å². The lowest BCUT2D eigenvalue weighted by molar-refractivity contribution is -0.139. The fraction of sp³-hybridized carbons (Fsp3) is 0.333. The van der Waals surface area contributed by atoms with Gasteiger partial charge in [-0.25, -0.2) is 8.42 Å². The van der Waals surface area contributed by atoms with Crippen molar-refractivity contribution in [2.75, 3.05) is 17.4 Å². The van der Waals surface area contributed by atoms with Gasteiger partial charge in [-0.2, -0.15) is 0 Å². The summed E-state index contributed by atoms with van der Waals surface area (Å²) in [6, 6.07) is 19.7. The fourth-order valence-corrected chi connectivity index (χ4v) is 5.67. The Kier molecular flexibility index (Phi) is 10.2. The summed E-state index contributed by atoms with van der Waals surface area (Å²) in [5.74, 6) is -0.582. The number of hydrogen-bond donors (Lipinski definition) is 1. The zero-order valence-corrected chi connectivity index (χ0v) is 24.6. The molecule has 0 radical (unpaired) electrons. The number of aryl methyl sites for hydroxylation is 2. The standard InChI is InChI=1S/C30H36ClN3O4S/c1-21(2)18-32-30(36)24(5)33(19-25-14-11-22(3)12-15-25)29(35)20-34(28-17-26(31)16-13-23(28)4)39(37,38)27-9-7-6-8-10-27/h6-17,21,24H,18-20H2,1-5H3,(H,32,36). The smallest absolute Gasteiger partial charge is 0.264 e. The number of sulfonamides is 1. The minimum Gasteiger partial charge on any atom is -0.354 e. The zero-order chi connectivity index (χ0) is 28.7. The molecule has 0 saturated heterocycles. The third kappa shape index (κ3) is 7.83. The molecule has 1 N–H and O–H groups in total. The molecule has 0 aliphatic heterocycles. The van der Waals surface area contributed by atoms with Crippen LogP contribution in [0, 0.1) is 19.8 Å². The highest BCUT2D eigenvalue weighted by Gasteiger charge is 2.33. The predicted octanol–water partition coefficient (Wildman–Crippen LogP) is 5.34. The van der Waals surface area contributed by atoms with Crippen LogP contribution in [0.2, 0.25) is 5.02 Å². The lowest BCUT2D eigenvalue weighted by atomic mass is 10.1. The van der Waals surface area contributed by atoms with Gasteiger partial charge in [0, 0.05) is 18.1 Å². The largest absolute Gasteiger partial charge is 0.354 e. The Hall–Kier alpha value is -3.36. The van der Waals surface area contributed by atoms with E-state index in [9.17, 15) is 18.0 Å². The van der Waals surface area contributed by atoms with Crippen LogP contribution in [0.25, 0.3) is 0 Å². The van der Waals surface area contributed by atoms with Crippen LogP contribution in [0.3, 0.4) is 0 Å². The molecular formula is C30H36ClN3O4S. The Morgan fingerprint density at radius 1 is 0.923 bits per heavy atom. The maximum Gasteiger partial charge on any atom is 0.264 e. The lowest BCUT2D eigenvalue weighted by Gasteiger charge is -2.32. The SMILES string of the molecule is Cc1ccc(CN(C(=O)CN(c2cc(Cl)ccc2C)S(=O)(=O)c2ccccc2)C(C)C(=O)NCC(C)C)cc1. The van der Waals surface area contributed by atoms with E-state index in [4.69, 9.17) is 11.6 Å². The Bertz CT molecular complexity index is 1390. The fourth-order valence-electron chi connectivity index (χ4n) is 4.01. The van der Waals surface area contributed by atoms with Gasteiger partial charge in [-0.05, 0) is 62.1 Å². The molecule has 0 saturated carbocycles. The molecule has 0 heterocycles. The van der Waals surface area contributed by atoms with Gasteiger partial charge in [-0.3, -0.25) is 13.9 Å². The number of rotatable bonds is 11. The molecule has 0 aliphatic rings. The lowest BCUT2D eigenvalue weighted by Crippen LogP contribution is -2.51. The summed E-state index contributed by atoms with van der Waals surface area (Å²) in [6.07, 6.45) is 0. The molecule has 0 fully saturated rings. The van der Waals surface area contributed by atoms with Crippen LogP contribution in [-0.4, -0.2) is 44.3 Å². The first kappa shape index (κ1) is 30.2. The van der Waals surface area contributed by atoms with Gasteiger partial charge in [-0.15, -0.1) is 0 Å². The molecule has 208 valence electrons. The van der Waals surface area contributed by atoms with E-state index in [1.165, 1.54) is 23.1 Å². The van der Waals surface area contributed by atoms with Crippen LogP contribution in [0.5, 0.6) is 0 Å². The third-order valence-corrected chi connectivity index (χ3v) is 8.38. The molecule has 9 heteroatoms. The van der Waals surface area contributed by atoms with Crippen molar-refractivity contribution in [3.05, 3.63) is 94.5 Å². The third-order valence-electron chi connectivity index (χ3n) is 6.38. The van der Waals surface area contributed by atoms with E-state index in [2.05, 4.69) is 5.32 Å². The number of carbonyl (C=O) groups excluding carboxylic acids is 2. The van der Waals surface area contributed by atoms with E-state index >= 15 is 0 Å². The van der Waals surface area contributed by atoms with Gasteiger partial charge >= 0.3 is 0 Å². The van der Waals surface area contributed by atoms with Crippen molar-refractivity contribution in [3.8, 4) is 0 Å². The predicted molar refractivity (Wildman–Crippen MR) is 156 cm³/mol. The van der Waals surface area contributed by atoms with Crippen molar-refractivity contribution in [1.82, 2.24) is 10.2 Å². The van der Waals surface area contributed by atoms with E-state index in [0.29, 0.717) is 22.8 Å². The maximum absolute atomic E-state index is 14.0. The summed E-state index contributed by atoms with van der Waals surface area (Å²) in [7, 11) is -4.14. The number of nitrogens with zero attached hydrogens (tertiary/aromatic N) is 2. The zero-order valence-electron chi connectivity index (χ0n) is 23.0. The van der Waals surface area contributed by atoms with Gasteiger partial charge in [0.05, 0.1) is 10.6 Å². The van der Waals surface area contributed by atoms with E-state index in [-0.39, 0.29) is 23.3 Å². The summed E-state index contributed by atoms with van der Waals surface area (Å²) in [6.45, 7) is 9.45. The first-order valence-corrected chi connectivity index (χ1v) is 14.7. The second-order valence-corrected chi connectivity index (χ2v) is 12.4. The summed E-state index contributed by atoms with van der Waals surface area (Å²) in [5, 5.41) is 3.23. The van der Waals surface area contributed by atoms with E-state index in [1.54, 1.807) is 44.2 Å². The molecule has 0 spiro atoms. The number of carbonyl (C=O) groups is 2. The number of hydrogen-bond acceptors (Lipinski definition) is 4. The van der Waals surface area contributed by atoms with Crippen molar-refractivity contribution >= 4 is 39.1 Å². The van der Waals surface area contributed by atoms with Crippen molar-refractivity contribution in [2.24, 2.45) is 5.92 Å². The number of benzene rings is 3. The van der Waals surface area contributed by atoms with Crippen molar-refractivity contribution < 1.29 is 18.0 Å². The highest BCUT2D eigenvalue weighted by atomic mass is 35.5. The van der Waals surface area contributed by atoms with Crippen molar-refractivity contribution in [1.29, 1.82) is 0 Å². The molecular weight excluding hydrogens is 534 g/mol. The molecule has 0 bridgehead atoms. The average molecular weight is 570 g/mol. The normalized spacial score (nSPS) is 12.2. The Morgan fingerprint density at radius 2 is 1.56 bits per heavy atom. The molecule has 1 atom stereocenters. The summed E-state index contributed by atoms with van der Waals surface area (Å²) >= 11 is 6.26. The van der Waals surface area contributed by atoms with E-state index in [1.807, 2.05) is 45.0 Å². The summed E-state index contributed by atoms with van der Waals surface area (Å²) in [5.41, 5.74) is 2.83.